The highest BCUT2D eigenvalue weighted by Crippen LogP contribution is 2.24. The molecule has 1 aliphatic carbocycles. The van der Waals surface area contributed by atoms with E-state index in [4.69, 9.17) is 5.21 Å². The van der Waals surface area contributed by atoms with Gasteiger partial charge in [-0.2, -0.15) is 0 Å². The third kappa shape index (κ3) is 7.49. The van der Waals surface area contributed by atoms with E-state index in [2.05, 4.69) is 10.6 Å². The van der Waals surface area contributed by atoms with Crippen LogP contribution in [0.25, 0.3) is 17.7 Å². The van der Waals surface area contributed by atoms with Crippen molar-refractivity contribution in [2.75, 3.05) is 0 Å². The molecule has 4 rings (SSSR count). The predicted octanol–water partition coefficient (Wildman–Crippen LogP) is 4.26. The minimum atomic E-state index is -0.590. The molecule has 7 nitrogen and oxygen atoms in total. The van der Waals surface area contributed by atoms with E-state index in [-0.39, 0.29) is 17.9 Å². The fourth-order valence-electron chi connectivity index (χ4n) is 3.63. The molecule has 3 amide bonds. The van der Waals surface area contributed by atoms with E-state index in [9.17, 15) is 14.4 Å². The summed E-state index contributed by atoms with van der Waals surface area (Å²) in [6.45, 7) is 2.32. The molecule has 1 aliphatic rings. The van der Waals surface area contributed by atoms with Crippen molar-refractivity contribution in [3.05, 3.63) is 112 Å². The van der Waals surface area contributed by atoms with E-state index in [1.807, 2.05) is 61.5 Å². The summed E-state index contributed by atoms with van der Waals surface area (Å²) in [6.07, 6.45) is 7.11. The van der Waals surface area contributed by atoms with Gasteiger partial charge < -0.3 is 10.6 Å². The number of rotatable bonds is 9. The summed E-state index contributed by atoms with van der Waals surface area (Å²) in [5, 5.41) is 14.5. The number of carbonyl (C=O) groups is 3. The minimum Gasteiger partial charge on any atom is -0.349 e. The van der Waals surface area contributed by atoms with Gasteiger partial charge in [-0.15, -0.1) is 0 Å². The summed E-state index contributed by atoms with van der Waals surface area (Å²) >= 11 is 0. The Labute approximate surface area is 215 Å². The van der Waals surface area contributed by atoms with Crippen molar-refractivity contribution >= 4 is 35.4 Å². The Morgan fingerprint density at radius 1 is 0.865 bits per heavy atom. The Balaban J connectivity index is 1.37. The summed E-state index contributed by atoms with van der Waals surface area (Å²) in [5.74, 6) is -0.911. The van der Waals surface area contributed by atoms with Gasteiger partial charge in [-0.25, -0.2) is 5.48 Å². The maximum absolute atomic E-state index is 12.9. The van der Waals surface area contributed by atoms with Crippen LogP contribution in [0.3, 0.4) is 0 Å². The number of benzene rings is 3. The van der Waals surface area contributed by atoms with Crippen LogP contribution in [0.4, 0.5) is 0 Å². The molecule has 0 atom stereocenters. The summed E-state index contributed by atoms with van der Waals surface area (Å²) in [7, 11) is 0. The van der Waals surface area contributed by atoms with Crippen LogP contribution in [0.1, 0.15) is 51.0 Å². The average molecular weight is 496 g/mol. The smallest absolute Gasteiger partial charge is 0.274 e. The Morgan fingerprint density at radius 3 is 2.11 bits per heavy atom. The molecule has 0 unspecified atom stereocenters. The third-order valence-corrected chi connectivity index (χ3v) is 5.98. The van der Waals surface area contributed by atoms with Crippen molar-refractivity contribution in [3.8, 4) is 0 Å². The Hall–Kier alpha value is -4.49. The molecular weight excluding hydrogens is 466 g/mol. The zero-order valence-corrected chi connectivity index (χ0v) is 20.5. The Bertz CT molecular complexity index is 1320. The van der Waals surface area contributed by atoms with Gasteiger partial charge in [-0.3, -0.25) is 19.6 Å². The van der Waals surface area contributed by atoms with Crippen molar-refractivity contribution in [2.45, 2.75) is 32.4 Å². The van der Waals surface area contributed by atoms with Crippen LogP contribution in [0, 0.1) is 6.92 Å². The molecule has 3 aromatic carbocycles. The van der Waals surface area contributed by atoms with Crippen molar-refractivity contribution < 1.29 is 19.6 Å². The van der Waals surface area contributed by atoms with Crippen molar-refractivity contribution in [2.24, 2.45) is 0 Å². The standard InChI is InChI=1S/C30H29N3O4/c1-20-2-11-24(12-3-20)27(30(36)32-26-15-16-26)18-22-6-4-21(5-7-22)10-17-28(34)31-19-23-8-13-25(14-9-23)29(35)33-37/h2-14,17-18,26,37H,15-16,19H2,1H3,(H,31,34)(H,32,36)(H,33,35)/b17-10+,27-18+. The molecule has 0 spiro atoms. The molecule has 0 heterocycles. The molecule has 1 saturated carbocycles. The van der Waals surface area contributed by atoms with Gasteiger partial charge in [0, 0.05) is 29.8 Å². The first-order valence-corrected chi connectivity index (χ1v) is 12.1. The topological polar surface area (TPSA) is 108 Å². The molecule has 7 heteroatoms. The number of hydrogen-bond acceptors (Lipinski definition) is 4. The van der Waals surface area contributed by atoms with Crippen LogP contribution in [-0.4, -0.2) is 29.0 Å². The molecule has 188 valence electrons. The van der Waals surface area contributed by atoms with Crippen LogP contribution in [0.15, 0.2) is 78.9 Å². The fourth-order valence-corrected chi connectivity index (χ4v) is 3.63. The molecule has 37 heavy (non-hydrogen) atoms. The number of hydroxylamine groups is 1. The van der Waals surface area contributed by atoms with Crippen molar-refractivity contribution in [3.63, 3.8) is 0 Å². The predicted molar refractivity (Wildman–Crippen MR) is 143 cm³/mol. The quantitative estimate of drug-likeness (QED) is 0.154. The molecule has 0 radical (unpaired) electrons. The van der Waals surface area contributed by atoms with E-state index in [1.165, 1.54) is 6.08 Å². The molecule has 0 bridgehead atoms. The van der Waals surface area contributed by atoms with Gasteiger partial charge in [0.1, 0.15) is 0 Å². The summed E-state index contributed by atoms with van der Waals surface area (Å²) in [4.78, 5) is 36.5. The van der Waals surface area contributed by atoms with E-state index in [0.29, 0.717) is 17.7 Å². The number of nitrogens with one attached hydrogen (secondary N) is 3. The number of aryl methyl sites for hydroxylation is 1. The molecule has 3 aromatic rings. The molecular formula is C30H29N3O4. The molecule has 0 aliphatic heterocycles. The first kappa shape index (κ1) is 25.6. The van der Waals surface area contributed by atoms with Crippen LogP contribution in [-0.2, 0) is 16.1 Å². The minimum absolute atomic E-state index is 0.0710. The average Bonchev–Trinajstić information content (AvgIpc) is 3.74. The lowest BCUT2D eigenvalue weighted by molar-refractivity contribution is -0.117. The van der Waals surface area contributed by atoms with E-state index >= 15 is 0 Å². The molecule has 1 fully saturated rings. The first-order valence-electron chi connectivity index (χ1n) is 12.1. The second-order valence-corrected chi connectivity index (χ2v) is 9.03. The zero-order chi connectivity index (χ0) is 26.2. The van der Waals surface area contributed by atoms with E-state index < -0.39 is 5.91 Å². The fraction of sp³-hybridized carbons (Fsp3) is 0.167. The van der Waals surface area contributed by atoms with Crippen LogP contribution in [0.5, 0.6) is 0 Å². The molecule has 4 N–H and O–H groups in total. The first-order chi connectivity index (χ1) is 17.9. The SMILES string of the molecule is Cc1ccc(/C(=C\c2ccc(/C=C/C(=O)NCc3ccc(C(=O)NO)cc3)cc2)C(=O)NC2CC2)cc1. The second kappa shape index (κ2) is 12.0. The van der Waals surface area contributed by atoms with E-state index in [1.54, 1.807) is 35.8 Å². The van der Waals surface area contributed by atoms with Crippen LogP contribution >= 0.6 is 0 Å². The van der Waals surface area contributed by atoms with Gasteiger partial charge in [-0.05, 0) is 66.3 Å². The van der Waals surface area contributed by atoms with Crippen LogP contribution < -0.4 is 16.1 Å². The largest absolute Gasteiger partial charge is 0.349 e. The normalized spacial score (nSPS) is 13.3. The van der Waals surface area contributed by atoms with Gasteiger partial charge in [0.05, 0.1) is 0 Å². The lowest BCUT2D eigenvalue weighted by Gasteiger charge is -2.10. The van der Waals surface area contributed by atoms with Crippen molar-refractivity contribution in [1.82, 2.24) is 16.1 Å². The highest BCUT2D eigenvalue weighted by molar-refractivity contribution is 6.24. The van der Waals surface area contributed by atoms with Gasteiger partial charge >= 0.3 is 0 Å². The van der Waals surface area contributed by atoms with Gasteiger partial charge in [0.2, 0.25) is 5.91 Å². The number of carbonyl (C=O) groups excluding carboxylic acids is 3. The van der Waals surface area contributed by atoms with Crippen molar-refractivity contribution in [1.29, 1.82) is 0 Å². The third-order valence-electron chi connectivity index (χ3n) is 5.98. The van der Waals surface area contributed by atoms with E-state index in [0.717, 1.165) is 40.7 Å². The lowest BCUT2D eigenvalue weighted by Crippen LogP contribution is -2.26. The second-order valence-electron chi connectivity index (χ2n) is 9.03. The van der Waals surface area contributed by atoms with Gasteiger partial charge in [-0.1, -0.05) is 66.2 Å². The van der Waals surface area contributed by atoms with Gasteiger partial charge in [0.15, 0.2) is 0 Å². The van der Waals surface area contributed by atoms with Gasteiger partial charge in [0.25, 0.3) is 11.8 Å². The number of amides is 3. The highest BCUT2D eigenvalue weighted by atomic mass is 16.5. The Kier molecular flexibility index (Phi) is 8.28. The molecule has 0 aromatic heterocycles. The molecule has 0 saturated heterocycles. The highest BCUT2D eigenvalue weighted by Gasteiger charge is 2.25. The monoisotopic (exact) mass is 495 g/mol. The van der Waals surface area contributed by atoms with Crippen LogP contribution in [0.2, 0.25) is 0 Å². The summed E-state index contributed by atoms with van der Waals surface area (Å²) < 4.78 is 0. The Morgan fingerprint density at radius 2 is 1.49 bits per heavy atom. The lowest BCUT2D eigenvalue weighted by atomic mass is 10.00. The summed E-state index contributed by atoms with van der Waals surface area (Å²) in [5.41, 5.74) is 7.10. The summed E-state index contributed by atoms with van der Waals surface area (Å²) in [6, 6.07) is 22.4. The number of hydrogen-bond donors (Lipinski definition) is 4. The zero-order valence-electron chi connectivity index (χ0n) is 20.5. The maximum atomic E-state index is 12.9. The maximum Gasteiger partial charge on any atom is 0.274 e.